The number of halogens is 1. The van der Waals surface area contributed by atoms with Crippen LogP contribution in [0, 0.1) is 12.8 Å². The van der Waals surface area contributed by atoms with Crippen LogP contribution in [0.15, 0.2) is 24.3 Å². The van der Waals surface area contributed by atoms with Crippen molar-refractivity contribution in [1.82, 2.24) is 10.6 Å². The van der Waals surface area contributed by atoms with Gasteiger partial charge in [-0.3, -0.25) is 9.59 Å². The van der Waals surface area contributed by atoms with Crippen LogP contribution < -0.4 is 16.4 Å². The summed E-state index contributed by atoms with van der Waals surface area (Å²) < 4.78 is 0. The first-order valence-corrected chi connectivity index (χ1v) is 9.72. The molecule has 0 saturated heterocycles. The van der Waals surface area contributed by atoms with Crippen molar-refractivity contribution in [1.29, 1.82) is 0 Å². The number of rotatable bonds is 7. The fourth-order valence-corrected chi connectivity index (χ4v) is 3.86. The lowest BCUT2D eigenvalue weighted by Gasteiger charge is -2.39. The smallest absolute Gasteiger partial charge is 0.239 e. The number of nitrogens with one attached hydrogen (secondary N) is 2. The lowest BCUT2D eigenvalue weighted by atomic mass is 9.68. The maximum atomic E-state index is 12.3. The molecule has 0 heterocycles. The van der Waals surface area contributed by atoms with Crippen molar-refractivity contribution in [3.05, 3.63) is 35.4 Å². The van der Waals surface area contributed by atoms with Crippen molar-refractivity contribution in [2.75, 3.05) is 13.1 Å². The third-order valence-corrected chi connectivity index (χ3v) is 5.60. The second kappa shape index (κ2) is 10.7. The fourth-order valence-electron chi connectivity index (χ4n) is 3.86. The van der Waals surface area contributed by atoms with Crippen LogP contribution in [0.3, 0.4) is 0 Å². The topological polar surface area (TPSA) is 84.2 Å². The van der Waals surface area contributed by atoms with Crippen LogP contribution in [-0.2, 0) is 15.0 Å². The van der Waals surface area contributed by atoms with E-state index in [9.17, 15) is 9.59 Å². The van der Waals surface area contributed by atoms with E-state index in [-0.39, 0.29) is 42.1 Å². The molecule has 1 atom stereocenters. The van der Waals surface area contributed by atoms with Gasteiger partial charge in [0, 0.05) is 12.0 Å². The van der Waals surface area contributed by atoms with Crippen LogP contribution in [0.25, 0.3) is 0 Å². The van der Waals surface area contributed by atoms with Crippen molar-refractivity contribution >= 4 is 24.2 Å². The molecule has 4 N–H and O–H groups in total. The number of hydrogen-bond acceptors (Lipinski definition) is 3. The summed E-state index contributed by atoms with van der Waals surface area (Å²) in [7, 11) is 0. The number of benzene rings is 1. The molecule has 5 nitrogen and oxygen atoms in total. The average Bonchev–Trinajstić information content (AvgIpc) is 2.64. The summed E-state index contributed by atoms with van der Waals surface area (Å²) in [5.74, 6) is -0.390. The number of hydrogen-bond donors (Lipinski definition) is 3. The summed E-state index contributed by atoms with van der Waals surface area (Å²) in [6.45, 7) is 6.51. The van der Waals surface area contributed by atoms with E-state index in [0.717, 1.165) is 12.8 Å². The van der Waals surface area contributed by atoms with E-state index in [1.807, 2.05) is 13.8 Å². The molecule has 1 fully saturated rings. The lowest BCUT2D eigenvalue weighted by Crippen LogP contribution is -2.49. The zero-order chi connectivity index (χ0) is 19.2. The molecule has 0 unspecified atom stereocenters. The standard InChI is InChI=1S/C21H33N3O2.ClH/c1-15(2)19(22)20(26)23-13-18(25)24-14-21(11-7-4-8-12-21)17-10-6-5-9-16(17)3;/h5-6,9-10,15,19H,4,7-8,11-14,22H2,1-3H3,(H,23,26)(H,24,25);1H/t19-;/m0./s1. The molecule has 0 aliphatic heterocycles. The fraction of sp³-hybridized carbons (Fsp3) is 0.619. The molecule has 1 aromatic rings. The lowest BCUT2D eigenvalue weighted by molar-refractivity contribution is -0.127. The summed E-state index contributed by atoms with van der Waals surface area (Å²) >= 11 is 0. The van der Waals surface area contributed by atoms with Gasteiger partial charge in [0.1, 0.15) is 0 Å². The van der Waals surface area contributed by atoms with E-state index in [0.29, 0.717) is 6.54 Å². The molecule has 2 amide bonds. The Morgan fingerprint density at radius 3 is 2.33 bits per heavy atom. The van der Waals surface area contributed by atoms with Gasteiger partial charge >= 0.3 is 0 Å². The number of nitrogens with two attached hydrogens (primary N) is 1. The zero-order valence-electron chi connectivity index (χ0n) is 16.7. The second-order valence-electron chi connectivity index (χ2n) is 7.92. The van der Waals surface area contributed by atoms with Gasteiger partial charge in [0.2, 0.25) is 11.8 Å². The molecule has 0 aromatic heterocycles. The summed E-state index contributed by atoms with van der Waals surface area (Å²) in [6.07, 6.45) is 5.80. The van der Waals surface area contributed by atoms with Crippen molar-refractivity contribution in [3.63, 3.8) is 0 Å². The highest BCUT2D eigenvalue weighted by Crippen LogP contribution is 2.40. The maximum Gasteiger partial charge on any atom is 0.239 e. The molecule has 152 valence electrons. The number of aryl methyl sites for hydroxylation is 1. The first kappa shape index (κ1) is 23.4. The summed E-state index contributed by atoms with van der Waals surface area (Å²) in [6, 6.07) is 7.88. The average molecular weight is 396 g/mol. The van der Waals surface area contributed by atoms with Crippen molar-refractivity contribution in [3.8, 4) is 0 Å². The van der Waals surface area contributed by atoms with Gasteiger partial charge in [-0.15, -0.1) is 12.4 Å². The van der Waals surface area contributed by atoms with Crippen LogP contribution >= 0.6 is 12.4 Å². The van der Waals surface area contributed by atoms with Crippen LogP contribution in [-0.4, -0.2) is 30.9 Å². The van der Waals surface area contributed by atoms with E-state index < -0.39 is 6.04 Å². The number of carbonyl (C=O) groups is 2. The maximum absolute atomic E-state index is 12.3. The Kier molecular flexibility index (Phi) is 9.27. The van der Waals surface area contributed by atoms with E-state index in [2.05, 4.69) is 41.8 Å². The Morgan fingerprint density at radius 2 is 1.74 bits per heavy atom. The van der Waals surface area contributed by atoms with Crippen LogP contribution in [0.2, 0.25) is 0 Å². The van der Waals surface area contributed by atoms with E-state index in [1.54, 1.807) is 0 Å². The third kappa shape index (κ3) is 6.22. The number of carbonyl (C=O) groups excluding carboxylic acids is 2. The van der Waals surface area contributed by atoms with E-state index in [4.69, 9.17) is 5.73 Å². The Labute approximate surface area is 169 Å². The molecule has 1 saturated carbocycles. The summed E-state index contributed by atoms with van der Waals surface area (Å²) in [5.41, 5.74) is 8.42. The van der Waals surface area contributed by atoms with E-state index in [1.165, 1.54) is 30.4 Å². The molecular weight excluding hydrogens is 362 g/mol. The molecule has 0 bridgehead atoms. The molecule has 1 aliphatic carbocycles. The quantitative estimate of drug-likeness (QED) is 0.663. The highest BCUT2D eigenvalue weighted by Gasteiger charge is 2.35. The van der Waals surface area contributed by atoms with Gasteiger partial charge in [-0.25, -0.2) is 0 Å². The SMILES string of the molecule is Cc1ccccc1C1(CNC(=O)CNC(=O)[C@@H](N)C(C)C)CCCCC1.Cl. The molecule has 2 rings (SSSR count). The van der Waals surface area contributed by atoms with Gasteiger partial charge in [-0.05, 0) is 36.8 Å². The van der Waals surface area contributed by atoms with Gasteiger partial charge in [0.25, 0.3) is 0 Å². The van der Waals surface area contributed by atoms with Gasteiger partial charge in [0.15, 0.2) is 0 Å². The van der Waals surface area contributed by atoms with Gasteiger partial charge in [-0.2, -0.15) is 0 Å². The predicted molar refractivity (Wildman–Crippen MR) is 112 cm³/mol. The first-order valence-electron chi connectivity index (χ1n) is 9.72. The van der Waals surface area contributed by atoms with Crippen LogP contribution in [0.4, 0.5) is 0 Å². The van der Waals surface area contributed by atoms with Crippen LogP contribution in [0.5, 0.6) is 0 Å². The molecule has 0 radical (unpaired) electrons. The largest absolute Gasteiger partial charge is 0.354 e. The van der Waals surface area contributed by atoms with Crippen molar-refractivity contribution in [2.45, 2.75) is 64.3 Å². The Hall–Kier alpha value is -1.59. The molecule has 1 aliphatic rings. The van der Waals surface area contributed by atoms with Gasteiger partial charge in [0.05, 0.1) is 12.6 Å². The van der Waals surface area contributed by atoms with Crippen LogP contribution in [0.1, 0.15) is 57.1 Å². The van der Waals surface area contributed by atoms with Crippen molar-refractivity contribution in [2.24, 2.45) is 11.7 Å². The number of amides is 2. The Bertz CT molecular complexity index is 628. The molecule has 1 aromatic carbocycles. The van der Waals surface area contributed by atoms with Gasteiger partial charge < -0.3 is 16.4 Å². The molecule has 6 heteroatoms. The summed E-state index contributed by atoms with van der Waals surface area (Å²) in [4.78, 5) is 24.2. The molecule has 27 heavy (non-hydrogen) atoms. The third-order valence-electron chi connectivity index (χ3n) is 5.60. The zero-order valence-corrected chi connectivity index (χ0v) is 17.5. The molecular formula is C21H34ClN3O2. The summed E-state index contributed by atoms with van der Waals surface area (Å²) in [5, 5.41) is 5.69. The van der Waals surface area contributed by atoms with Gasteiger partial charge in [-0.1, -0.05) is 57.4 Å². The Balaban J connectivity index is 0.00000364. The highest BCUT2D eigenvalue weighted by molar-refractivity contribution is 5.87. The highest BCUT2D eigenvalue weighted by atomic mass is 35.5. The minimum absolute atomic E-state index is 0. The second-order valence-corrected chi connectivity index (χ2v) is 7.92. The normalized spacial score (nSPS) is 16.9. The van der Waals surface area contributed by atoms with E-state index >= 15 is 0 Å². The minimum Gasteiger partial charge on any atom is -0.354 e. The first-order chi connectivity index (χ1) is 12.4. The predicted octanol–water partition coefficient (Wildman–Crippen LogP) is 2.83. The van der Waals surface area contributed by atoms with Crippen molar-refractivity contribution < 1.29 is 9.59 Å². The molecule has 0 spiro atoms. The monoisotopic (exact) mass is 395 g/mol. The minimum atomic E-state index is -0.584. The Morgan fingerprint density at radius 1 is 1.11 bits per heavy atom.